The van der Waals surface area contributed by atoms with Crippen LogP contribution >= 0.6 is 23.1 Å². The minimum atomic E-state index is -0.0968. The van der Waals surface area contributed by atoms with E-state index in [2.05, 4.69) is 39.5 Å². The fourth-order valence-corrected chi connectivity index (χ4v) is 4.32. The molecule has 2 aromatic heterocycles. The molecule has 3 aromatic rings. The predicted molar refractivity (Wildman–Crippen MR) is 114 cm³/mol. The molecule has 4 rings (SSSR count). The number of thiophene rings is 1. The van der Waals surface area contributed by atoms with Crippen molar-refractivity contribution in [3.8, 4) is 10.8 Å². The zero-order valence-corrected chi connectivity index (χ0v) is 17.3. The van der Waals surface area contributed by atoms with E-state index in [1.54, 1.807) is 0 Å². The molecule has 8 heteroatoms. The molecule has 1 aromatic carbocycles. The highest BCUT2D eigenvalue weighted by Gasteiger charge is 2.16. The number of aromatic nitrogens is 2. The van der Waals surface area contributed by atoms with Crippen LogP contribution < -0.4 is 10.2 Å². The van der Waals surface area contributed by atoms with Gasteiger partial charge in [-0.3, -0.25) is 4.79 Å². The smallest absolute Gasteiger partial charge is 0.277 e. The van der Waals surface area contributed by atoms with Gasteiger partial charge in [-0.25, -0.2) is 0 Å². The Balaban J connectivity index is 1.27. The van der Waals surface area contributed by atoms with Gasteiger partial charge in [-0.15, -0.1) is 21.5 Å². The fraction of sp³-hybridized carbons (Fsp3) is 0.350. The topological polar surface area (TPSA) is 71.3 Å². The number of nitrogens with one attached hydrogen (secondary N) is 1. The Kier molecular flexibility index (Phi) is 5.97. The Morgan fingerprint density at radius 2 is 2.04 bits per heavy atom. The van der Waals surface area contributed by atoms with Crippen molar-refractivity contribution in [3.63, 3.8) is 0 Å². The first-order valence-electron chi connectivity index (χ1n) is 9.32. The zero-order valence-electron chi connectivity index (χ0n) is 15.6. The number of piperidine rings is 1. The number of rotatable bonds is 6. The van der Waals surface area contributed by atoms with E-state index in [4.69, 9.17) is 4.42 Å². The van der Waals surface area contributed by atoms with E-state index < -0.39 is 0 Å². The molecule has 0 unspecified atom stereocenters. The molecule has 0 bridgehead atoms. The number of carbonyl (C=O) groups is 1. The summed E-state index contributed by atoms with van der Waals surface area (Å²) in [5.74, 6) is 1.42. The standard InChI is InChI=1S/C20H22N4O2S2/c1-14-8-10-24(11-9-14)16-6-4-15(5-7-16)21-18(25)13-28-20-23-22-19(26-20)17-3-2-12-27-17/h2-7,12,14H,8-11,13H2,1H3,(H,21,25). The second kappa shape index (κ2) is 8.79. The second-order valence-corrected chi connectivity index (χ2v) is 8.78. The molecule has 0 saturated carbocycles. The van der Waals surface area contributed by atoms with Crippen LogP contribution in [-0.4, -0.2) is 34.9 Å². The van der Waals surface area contributed by atoms with Crippen LogP contribution in [0.1, 0.15) is 19.8 Å². The van der Waals surface area contributed by atoms with Gasteiger partial charge in [0.25, 0.3) is 11.1 Å². The summed E-state index contributed by atoms with van der Waals surface area (Å²) in [5.41, 5.74) is 2.01. The first-order chi connectivity index (χ1) is 13.7. The Bertz CT molecular complexity index is 901. The van der Waals surface area contributed by atoms with Crippen molar-refractivity contribution in [1.82, 2.24) is 10.2 Å². The van der Waals surface area contributed by atoms with Crippen LogP contribution in [0.2, 0.25) is 0 Å². The Hall–Kier alpha value is -2.32. The van der Waals surface area contributed by atoms with Gasteiger partial charge in [-0.1, -0.05) is 24.8 Å². The molecule has 0 atom stereocenters. The summed E-state index contributed by atoms with van der Waals surface area (Å²) in [6, 6.07) is 11.9. The molecule has 3 heterocycles. The lowest BCUT2D eigenvalue weighted by atomic mass is 9.99. The summed E-state index contributed by atoms with van der Waals surface area (Å²) in [6.45, 7) is 4.51. The highest BCUT2D eigenvalue weighted by molar-refractivity contribution is 7.99. The van der Waals surface area contributed by atoms with E-state index >= 15 is 0 Å². The maximum absolute atomic E-state index is 12.2. The molecule has 1 aliphatic heterocycles. The van der Waals surface area contributed by atoms with Crippen LogP contribution in [0.4, 0.5) is 11.4 Å². The number of hydrogen-bond acceptors (Lipinski definition) is 7. The third-order valence-electron chi connectivity index (χ3n) is 4.77. The maximum atomic E-state index is 12.2. The van der Waals surface area contributed by atoms with Gasteiger partial charge in [-0.2, -0.15) is 0 Å². The van der Waals surface area contributed by atoms with Crippen LogP contribution in [0.5, 0.6) is 0 Å². The Morgan fingerprint density at radius 1 is 1.25 bits per heavy atom. The largest absolute Gasteiger partial charge is 0.410 e. The number of anilines is 2. The quantitative estimate of drug-likeness (QED) is 0.586. The second-order valence-electron chi connectivity index (χ2n) is 6.90. The number of nitrogens with zero attached hydrogens (tertiary/aromatic N) is 3. The van der Waals surface area contributed by atoms with Crippen molar-refractivity contribution >= 4 is 40.4 Å². The van der Waals surface area contributed by atoms with Gasteiger partial charge in [0.15, 0.2) is 0 Å². The first kappa shape index (κ1) is 19.0. The normalized spacial score (nSPS) is 15.0. The van der Waals surface area contributed by atoms with Gasteiger partial charge in [0.05, 0.1) is 10.6 Å². The number of amides is 1. The fourth-order valence-electron chi connectivity index (χ4n) is 3.11. The van der Waals surface area contributed by atoms with Crippen LogP contribution in [0.15, 0.2) is 51.4 Å². The van der Waals surface area contributed by atoms with E-state index in [0.29, 0.717) is 11.1 Å². The van der Waals surface area contributed by atoms with Gasteiger partial charge in [0, 0.05) is 24.5 Å². The summed E-state index contributed by atoms with van der Waals surface area (Å²) in [6.07, 6.45) is 2.47. The van der Waals surface area contributed by atoms with Gasteiger partial charge < -0.3 is 14.6 Å². The van der Waals surface area contributed by atoms with Gasteiger partial charge in [0.1, 0.15) is 0 Å². The number of thioether (sulfide) groups is 1. The summed E-state index contributed by atoms with van der Waals surface area (Å²) in [5, 5.41) is 13.3. The van der Waals surface area contributed by atoms with Crippen LogP contribution in [-0.2, 0) is 4.79 Å². The van der Waals surface area contributed by atoms with Crippen LogP contribution in [0.25, 0.3) is 10.8 Å². The van der Waals surface area contributed by atoms with E-state index in [1.807, 2.05) is 29.6 Å². The monoisotopic (exact) mass is 414 g/mol. The van der Waals surface area contributed by atoms with Crippen molar-refractivity contribution < 1.29 is 9.21 Å². The SMILES string of the molecule is CC1CCN(c2ccc(NC(=O)CSc3nnc(-c4cccs4)o3)cc2)CC1. The van der Waals surface area contributed by atoms with E-state index in [9.17, 15) is 4.79 Å². The van der Waals surface area contributed by atoms with Gasteiger partial charge in [0.2, 0.25) is 5.91 Å². The molecule has 1 amide bonds. The predicted octanol–water partition coefficient (Wildman–Crippen LogP) is 4.77. The number of benzene rings is 1. The number of hydrogen-bond donors (Lipinski definition) is 1. The lowest BCUT2D eigenvalue weighted by Gasteiger charge is -2.32. The van der Waals surface area contributed by atoms with Crippen molar-refractivity contribution in [1.29, 1.82) is 0 Å². The lowest BCUT2D eigenvalue weighted by molar-refractivity contribution is -0.113. The highest BCUT2D eigenvalue weighted by atomic mass is 32.2. The average molecular weight is 415 g/mol. The van der Waals surface area contributed by atoms with E-state index in [0.717, 1.165) is 29.6 Å². The molecule has 0 spiro atoms. The third kappa shape index (κ3) is 4.74. The summed E-state index contributed by atoms with van der Waals surface area (Å²) < 4.78 is 5.58. The van der Waals surface area contributed by atoms with Crippen molar-refractivity contribution in [3.05, 3.63) is 41.8 Å². The molecule has 0 aliphatic carbocycles. The zero-order chi connectivity index (χ0) is 19.3. The molecular formula is C20H22N4O2S2. The van der Waals surface area contributed by atoms with Gasteiger partial charge in [-0.05, 0) is 54.5 Å². The molecule has 1 saturated heterocycles. The molecule has 146 valence electrons. The lowest BCUT2D eigenvalue weighted by Crippen LogP contribution is -2.32. The van der Waals surface area contributed by atoms with Crippen molar-refractivity contribution in [2.24, 2.45) is 5.92 Å². The highest BCUT2D eigenvalue weighted by Crippen LogP contribution is 2.27. The van der Waals surface area contributed by atoms with Gasteiger partial charge >= 0.3 is 0 Å². The van der Waals surface area contributed by atoms with Crippen LogP contribution in [0.3, 0.4) is 0 Å². The summed E-state index contributed by atoms with van der Waals surface area (Å²) in [4.78, 5) is 15.5. The molecule has 1 N–H and O–H groups in total. The van der Waals surface area contributed by atoms with E-state index in [-0.39, 0.29) is 11.7 Å². The molecule has 1 fully saturated rings. The van der Waals surface area contributed by atoms with Crippen LogP contribution in [0, 0.1) is 5.92 Å². The molecule has 1 aliphatic rings. The maximum Gasteiger partial charge on any atom is 0.277 e. The van der Waals surface area contributed by atoms with Crippen molar-refractivity contribution in [2.45, 2.75) is 25.0 Å². The Morgan fingerprint density at radius 3 is 2.75 bits per heavy atom. The number of carbonyl (C=O) groups excluding carboxylic acids is 1. The first-order valence-corrected chi connectivity index (χ1v) is 11.2. The summed E-state index contributed by atoms with van der Waals surface area (Å²) in [7, 11) is 0. The molecular weight excluding hydrogens is 392 g/mol. The average Bonchev–Trinajstić information content (AvgIpc) is 3.39. The molecule has 0 radical (unpaired) electrons. The van der Waals surface area contributed by atoms with Crippen molar-refractivity contribution in [2.75, 3.05) is 29.1 Å². The molecule has 28 heavy (non-hydrogen) atoms. The Labute approximate surface area is 172 Å². The molecule has 6 nitrogen and oxygen atoms in total. The minimum Gasteiger partial charge on any atom is -0.410 e. The minimum absolute atomic E-state index is 0.0968. The van der Waals surface area contributed by atoms with E-state index in [1.165, 1.54) is 41.6 Å². The summed E-state index contributed by atoms with van der Waals surface area (Å²) >= 11 is 2.77. The third-order valence-corrected chi connectivity index (χ3v) is 6.44.